The second kappa shape index (κ2) is 4.97. The maximum atomic E-state index is 11.8. The fraction of sp³-hybridized carbons (Fsp3) is 0.333. The van der Waals surface area contributed by atoms with Gasteiger partial charge in [0, 0.05) is 18.8 Å². The Kier molecular flexibility index (Phi) is 3.39. The number of hydrogen-bond acceptors (Lipinski definition) is 3. The molecule has 1 aliphatic rings. The first-order valence-electron chi connectivity index (χ1n) is 5.61. The smallest absolute Gasteiger partial charge is 0.316 e. The maximum Gasteiger partial charge on any atom is 0.316 e. The summed E-state index contributed by atoms with van der Waals surface area (Å²) in [7, 11) is 0. The molecule has 1 saturated heterocycles. The highest BCUT2D eigenvalue weighted by Crippen LogP contribution is 2.21. The fourth-order valence-corrected chi connectivity index (χ4v) is 1.95. The number of nitrogens with zero attached hydrogens (tertiary/aromatic N) is 1. The number of carbonyl (C=O) groups is 2. The summed E-state index contributed by atoms with van der Waals surface area (Å²) in [6, 6.07) is 7.54. The Morgan fingerprint density at radius 3 is 2.82 bits per heavy atom. The summed E-state index contributed by atoms with van der Waals surface area (Å²) in [6.07, 6.45) is 0.696. The normalized spacial score (nSPS) is 15.9. The Bertz CT molecular complexity index is 445. The predicted octanol–water partition coefficient (Wildman–Crippen LogP) is -0.349. The third kappa shape index (κ3) is 2.29. The molecule has 1 aliphatic heterocycles. The van der Waals surface area contributed by atoms with Crippen LogP contribution >= 0.6 is 0 Å². The van der Waals surface area contributed by atoms with E-state index in [2.05, 4.69) is 5.32 Å². The Labute approximate surface area is 99.6 Å². The second-order valence-corrected chi connectivity index (χ2v) is 3.88. The molecular formula is C12H15N3O2. The van der Waals surface area contributed by atoms with Crippen molar-refractivity contribution in [2.24, 2.45) is 5.73 Å². The molecule has 2 amide bonds. The monoisotopic (exact) mass is 233 g/mol. The van der Waals surface area contributed by atoms with Gasteiger partial charge in [-0.2, -0.15) is 0 Å². The largest absolute Gasteiger partial charge is 0.346 e. The number of benzene rings is 1. The molecule has 0 spiro atoms. The third-order valence-corrected chi connectivity index (χ3v) is 2.76. The van der Waals surface area contributed by atoms with Crippen LogP contribution in [0.3, 0.4) is 0 Å². The van der Waals surface area contributed by atoms with E-state index in [1.165, 1.54) is 4.90 Å². The lowest BCUT2D eigenvalue weighted by molar-refractivity contribution is -0.138. The van der Waals surface area contributed by atoms with Gasteiger partial charge < -0.3 is 16.0 Å². The number of para-hydroxylation sites is 1. The van der Waals surface area contributed by atoms with Crippen LogP contribution in [0.5, 0.6) is 0 Å². The first kappa shape index (κ1) is 11.6. The average Bonchev–Trinajstić information content (AvgIpc) is 2.34. The highest BCUT2D eigenvalue weighted by molar-refractivity contribution is 6.41. The van der Waals surface area contributed by atoms with Gasteiger partial charge in [0.25, 0.3) is 0 Å². The molecule has 5 nitrogen and oxygen atoms in total. The number of piperazine rings is 1. The van der Waals surface area contributed by atoms with Crippen molar-refractivity contribution >= 4 is 17.5 Å². The summed E-state index contributed by atoms with van der Waals surface area (Å²) in [4.78, 5) is 24.6. The van der Waals surface area contributed by atoms with Crippen molar-refractivity contribution in [3.63, 3.8) is 0 Å². The lowest BCUT2D eigenvalue weighted by atomic mass is 10.1. The molecule has 17 heavy (non-hydrogen) atoms. The van der Waals surface area contributed by atoms with Crippen LogP contribution in [0, 0.1) is 0 Å². The lowest BCUT2D eigenvalue weighted by Crippen LogP contribution is -2.52. The fourth-order valence-electron chi connectivity index (χ4n) is 1.95. The number of rotatable bonds is 3. The minimum atomic E-state index is -0.543. The third-order valence-electron chi connectivity index (χ3n) is 2.76. The van der Waals surface area contributed by atoms with Crippen molar-refractivity contribution in [1.82, 2.24) is 5.32 Å². The summed E-state index contributed by atoms with van der Waals surface area (Å²) >= 11 is 0. The van der Waals surface area contributed by atoms with Crippen molar-refractivity contribution < 1.29 is 9.59 Å². The molecule has 1 fully saturated rings. The van der Waals surface area contributed by atoms with Crippen molar-refractivity contribution in [2.45, 2.75) is 6.42 Å². The number of amides is 2. The molecule has 0 aromatic heterocycles. The Morgan fingerprint density at radius 1 is 1.29 bits per heavy atom. The van der Waals surface area contributed by atoms with Gasteiger partial charge in [0.05, 0.1) is 0 Å². The molecule has 0 aliphatic carbocycles. The van der Waals surface area contributed by atoms with Gasteiger partial charge in [-0.25, -0.2) is 0 Å². The van der Waals surface area contributed by atoms with Crippen LogP contribution in [0.1, 0.15) is 5.56 Å². The molecule has 0 unspecified atom stereocenters. The van der Waals surface area contributed by atoms with Gasteiger partial charge in [-0.05, 0) is 24.6 Å². The Balaban J connectivity index is 2.32. The van der Waals surface area contributed by atoms with Gasteiger partial charge in [-0.15, -0.1) is 0 Å². The topological polar surface area (TPSA) is 75.4 Å². The van der Waals surface area contributed by atoms with Crippen LogP contribution in [0.25, 0.3) is 0 Å². The van der Waals surface area contributed by atoms with E-state index < -0.39 is 11.8 Å². The quantitative estimate of drug-likeness (QED) is 0.701. The van der Waals surface area contributed by atoms with Gasteiger partial charge in [0.15, 0.2) is 0 Å². The first-order valence-corrected chi connectivity index (χ1v) is 5.61. The van der Waals surface area contributed by atoms with E-state index in [-0.39, 0.29) is 0 Å². The summed E-state index contributed by atoms with van der Waals surface area (Å²) < 4.78 is 0. The summed E-state index contributed by atoms with van der Waals surface area (Å²) in [5.41, 5.74) is 7.33. The molecule has 0 atom stereocenters. The molecule has 5 heteroatoms. The number of nitrogens with one attached hydrogen (secondary N) is 1. The van der Waals surface area contributed by atoms with E-state index in [1.807, 2.05) is 24.3 Å². The van der Waals surface area contributed by atoms with Gasteiger partial charge in [-0.3, -0.25) is 9.59 Å². The summed E-state index contributed by atoms with van der Waals surface area (Å²) in [5.74, 6) is -1.04. The van der Waals surface area contributed by atoms with Crippen molar-refractivity contribution in [3.8, 4) is 0 Å². The number of nitrogens with two attached hydrogens (primary N) is 1. The Hall–Kier alpha value is -1.88. The van der Waals surface area contributed by atoms with Crippen LogP contribution in [0.2, 0.25) is 0 Å². The molecule has 1 heterocycles. The zero-order valence-electron chi connectivity index (χ0n) is 9.48. The number of hydrogen-bond donors (Lipinski definition) is 2. The van der Waals surface area contributed by atoms with E-state index >= 15 is 0 Å². The highest BCUT2D eigenvalue weighted by atomic mass is 16.2. The van der Waals surface area contributed by atoms with Gasteiger partial charge >= 0.3 is 11.8 Å². The predicted molar refractivity (Wildman–Crippen MR) is 64.6 cm³/mol. The van der Waals surface area contributed by atoms with E-state index in [0.29, 0.717) is 26.1 Å². The molecule has 0 saturated carbocycles. The van der Waals surface area contributed by atoms with E-state index in [9.17, 15) is 9.59 Å². The van der Waals surface area contributed by atoms with Crippen molar-refractivity contribution in [3.05, 3.63) is 29.8 Å². The zero-order chi connectivity index (χ0) is 12.3. The average molecular weight is 233 g/mol. The zero-order valence-corrected chi connectivity index (χ0v) is 9.48. The van der Waals surface area contributed by atoms with Gasteiger partial charge in [0.1, 0.15) is 0 Å². The van der Waals surface area contributed by atoms with Crippen LogP contribution in [-0.2, 0) is 16.0 Å². The van der Waals surface area contributed by atoms with Gasteiger partial charge in [-0.1, -0.05) is 18.2 Å². The lowest BCUT2D eigenvalue weighted by Gasteiger charge is -2.28. The maximum absolute atomic E-state index is 11.8. The Morgan fingerprint density at radius 2 is 2.06 bits per heavy atom. The summed E-state index contributed by atoms with van der Waals surface area (Å²) in [6.45, 7) is 1.51. The molecule has 0 radical (unpaired) electrons. The number of anilines is 1. The molecule has 1 aromatic carbocycles. The molecule has 2 rings (SSSR count). The molecule has 3 N–H and O–H groups in total. The van der Waals surface area contributed by atoms with Crippen LogP contribution in [0.15, 0.2) is 24.3 Å². The first-order chi connectivity index (χ1) is 8.24. The van der Waals surface area contributed by atoms with Crippen LogP contribution in [0.4, 0.5) is 5.69 Å². The summed E-state index contributed by atoms with van der Waals surface area (Å²) in [5, 5.41) is 2.53. The van der Waals surface area contributed by atoms with Gasteiger partial charge in [0.2, 0.25) is 0 Å². The molecular weight excluding hydrogens is 218 g/mol. The minimum Gasteiger partial charge on any atom is -0.346 e. The minimum absolute atomic E-state index is 0.488. The van der Waals surface area contributed by atoms with Crippen molar-refractivity contribution in [2.75, 3.05) is 24.5 Å². The van der Waals surface area contributed by atoms with Crippen LogP contribution < -0.4 is 16.0 Å². The SMILES string of the molecule is NCCc1ccccc1N1CCNC(=O)C1=O. The molecule has 0 bridgehead atoms. The standard InChI is InChI=1S/C12H15N3O2/c13-6-5-9-3-1-2-4-10(9)15-8-7-14-11(16)12(15)17/h1-4H,5-8,13H2,(H,14,16). The van der Waals surface area contributed by atoms with E-state index in [0.717, 1.165) is 11.3 Å². The van der Waals surface area contributed by atoms with E-state index in [4.69, 9.17) is 5.73 Å². The second-order valence-electron chi connectivity index (χ2n) is 3.88. The van der Waals surface area contributed by atoms with Crippen LogP contribution in [-0.4, -0.2) is 31.4 Å². The molecule has 1 aromatic rings. The number of carbonyl (C=O) groups excluding carboxylic acids is 2. The molecule has 90 valence electrons. The van der Waals surface area contributed by atoms with Crippen molar-refractivity contribution in [1.29, 1.82) is 0 Å². The van der Waals surface area contributed by atoms with E-state index in [1.54, 1.807) is 0 Å². The highest BCUT2D eigenvalue weighted by Gasteiger charge is 2.28.